The molecule has 3 rings (SSSR count). The number of nitrogens with one attached hydrogen (secondary N) is 1. The highest BCUT2D eigenvalue weighted by Gasteiger charge is 2.24. The molecule has 1 heterocycles. The number of carbonyl (C=O) groups excluding carboxylic acids is 1. The fraction of sp³-hybridized carbons (Fsp3) is 0.158. The van der Waals surface area contributed by atoms with Crippen LogP contribution in [0.4, 0.5) is 5.69 Å². The molecule has 2 aromatic carbocycles. The molecule has 1 aliphatic heterocycles. The van der Waals surface area contributed by atoms with Gasteiger partial charge in [-0.25, -0.2) is 4.99 Å². The first-order valence-electron chi connectivity index (χ1n) is 7.85. The number of benzene rings is 2. The lowest BCUT2D eigenvalue weighted by atomic mass is 10.2. The fourth-order valence-electron chi connectivity index (χ4n) is 2.27. The molecule has 1 N–H and O–H groups in total. The van der Waals surface area contributed by atoms with Gasteiger partial charge in [-0.1, -0.05) is 24.3 Å². The summed E-state index contributed by atoms with van der Waals surface area (Å²) in [5.41, 5.74) is 1.62. The van der Waals surface area contributed by atoms with Crippen molar-refractivity contribution in [2.75, 3.05) is 13.7 Å². The average Bonchev–Trinajstić information content (AvgIpc) is 2.97. The van der Waals surface area contributed by atoms with Crippen LogP contribution < -0.4 is 14.8 Å². The number of hydrogen-bond donors (Lipinski definition) is 1. The predicted octanol–water partition coefficient (Wildman–Crippen LogP) is 3.99. The van der Waals surface area contributed by atoms with Gasteiger partial charge in [-0.3, -0.25) is 4.79 Å². The van der Waals surface area contributed by atoms with Crippen molar-refractivity contribution >= 4 is 34.6 Å². The number of thioether (sulfide) groups is 1. The molecule has 0 radical (unpaired) electrons. The van der Waals surface area contributed by atoms with Crippen molar-refractivity contribution in [3.05, 3.63) is 59.0 Å². The molecule has 128 valence electrons. The monoisotopic (exact) mass is 354 g/mol. The zero-order valence-corrected chi connectivity index (χ0v) is 14.8. The van der Waals surface area contributed by atoms with Crippen molar-refractivity contribution in [1.82, 2.24) is 5.32 Å². The first kappa shape index (κ1) is 17.1. The molecule has 0 atom stereocenters. The van der Waals surface area contributed by atoms with Crippen molar-refractivity contribution in [2.24, 2.45) is 4.99 Å². The Bertz CT molecular complexity index is 829. The Kier molecular flexibility index (Phi) is 5.40. The van der Waals surface area contributed by atoms with Crippen molar-refractivity contribution in [3.63, 3.8) is 0 Å². The first-order valence-corrected chi connectivity index (χ1v) is 8.66. The summed E-state index contributed by atoms with van der Waals surface area (Å²) in [4.78, 5) is 17.3. The molecule has 1 fully saturated rings. The van der Waals surface area contributed by atoms with Crippen molar-refractivity contribution in [2.45, 2.75) is 6.92 Å². The maximum Gasteiger partial charge on any atom is 0.264 e. The van der Waals surface area contributed by atoms with Crippen LogP contribution in [-0.4, -0.2) is 24.8 Å². The topological polar surface area (TPSA) is 59.9 Å². The van der Waals surface area contributed by atoms with Crippen LogP contribution in [0.1, 0.15) is 12.5 Å². The summed E-state index contributed by atoms with van der Waals surface area (Å²) < 4.78 is 10.7. The summed E-state index contributed by atoms with van der Waals surface area (Å²) in [5, 5.41) is 3.33. The molecule has 25 heavy (non-hydrogen) atoms. The highest BCUT2D eigenvalue weighted by atomic mass is 32.2. The fourth-order valence-corrected chi connectivity index (χ4v) is 3.10. The van der Waals surface area contributed by atoms with Crippen LogP contribution in [0.5, 0.6) is 11.5 Å². The van der Waals surface area contributed by atoms with Crippen LogP contribution in [0.25, 0.3) is 6.08 Å². The summed E-state index contributed by atoms with van der Waals surface area (Å²) in [6.45, 7) is 2.48. The summed E-state index contributed by atoms with van der Waals surface area (Å²) in [6, 6.07) is 15.0. The van der Waals surface area contributed by atoms with Crippen molar-refractivity contribution in [3.8, 4) is 11.5 Å². The number of amidine groups is 1. The maximum atomic E-state index is 12.2. The standard InChI is InChI=1S/C19H18N2O3S/c1-3-24-16-7-5-4-6-15(16)20-19-21-18(22)17(25-19)12-13-8-10-14(23-2)11-9-13/h4-12H,3H2,1-2H3,(H,20,21,22)/b17-12-. The normalized spacial score (nSPS) is 17.0. The molecular formula is C19H18N2O3S. The van der Waals surface area contributed by atoms with Gasteiger partial charge in [-0.15, -0.1) is 0 Å². The number of carbonyl (C=O) groups is 1. The van der Waals surface area contributed by atoms with Crippen LogP contribution in [-0.2, 0) is 4.79 Å². The number of methoxy groups -OCH3 is 1. The number of nitrogens with zero attached hydrogens (tertiary/aromatic N) is 1. The molecule has 0 aromatic heterocycles. The average molecular weight is 354 g/mol. The Morgan fingerprint density at radius 3 is 2.64 bits per heavy atom. The quantitative estimate of drug-likeness (QED) is 0.825. The Balaban J connectivity index is 1.81. The molecule has 2 aromatic rings. The molecule has 6 heteroatoms. The maximum absolute atomic E-state index is 12.2. The van der Waals surface area contributed by atoms with Gasteiger partial charge in [0.2, 0.25) is 0 Å². The van der Waals surface area contributed by atoms with Gasteiger partial charge in [-0.2, -0.15) is 0 Å². The third-order valence-electron chi connectivity index (χ3n) is 3.45. The van der Waals surface area contributed by atoms with E-state index in [1.807, 2.05) is 61.5 Å². The van der Waals surface area contributed by atoms with E-state index in [0.717, 1.165) is 11.3 Å². The van der Waals surface area contributed by atoms with Crippen LogP contribution in [0.3, 0.4) is 0 Å². The Labute approximate surface area is 150 Å². The van der Waals surface area contributed by atoms with E-state index in [1.54, 1.807) is 7.11 Å². The number of hydrogen-bond acceptors (Lipinski definition) is 5. The molecule has 1 aliphatic rings. The lowest BCUT2D eigenvalue weighted by Crippen LogP contribution is -2.19. The summed E-state index contributed by atoms with van der Waals surface area (Å²) in [6.07, 6.45) is 1.83. The number of rotatable bonds is 5. The third kappa shape index (κ3) is 4.22. The van der Waals surface area contributed by atoms with E-state index in [-0.39, 0.29) is 5.91 Å². The molecule has 0 saturated carbocycles. The Morgan fingerprint density at radius 1 is 1.16 bits per heavy atom. The number of aliphatic imine (C=N–C) groups is 1. The van der Waals surface area contributed by atoms with Gasteiger partial charge in [0, 0.05) is 0 Å². The van der Waals surface area contributed by atoms with Crippen LogP contribution >= 0.6 is 11.8 Å². The Morgan fingerprint density at radius 2 is 1.92 bits per heavy atom. The first-order chi connectivity index (χ1) is 12.2. The van der Waals surface area contributed by atoms with Gasteiger partial charge in [0.25, 0.3) is 5.91 Å². The lowest BCUT2D eigenvalue weighted by molar-refractivity contribution is -0.115. The highest BCUT2D eigenvalue weighted by Crippen LogP contribution is 2.32. The van der Waals surface area contributed by atoms with E-state index in [4.69, 9.17) is 9.47 Å². The summed E-state index contributed by atoms with van der Waals surface area (Å²) in [7, 11) is 1.62. The molecule has 5 nitrogen and oxygen atoms in total. The van der Waals surface area contributed by atoms with E-state index >= 15 is 0 Å². The minimum absolute atomic E-state index is 0.159. The number of amides is 1. The van der Waals surface area contributed by atoms with Gasteiger partial charge in [-0.05, 0) is 54.6 Å². The van der Waals surface area contributed by atoms with Gasteiger partial charge in [0.05, 0.1) is 18.6 Å². The highest BCUT2D eigenvalue weighted by molar-refractivity contribution is 8.18. The van der Waals surface area contributed by atoms with Gasteiger partial charge >= 0.3 is 0 Å². The molecule has 0 aliphatic carbocycles. The van der Waals surface area contributed by atoms with Crippen molar-refractivity contribution < 1.29 is 14.3 Å². The SMILES string of the molecule is CCOc1ccccc1N=C1NC(=O)/C(=C/c2ccc(OC)cc2)S1. The molecule has 1 saturated heterocycles. The molecule has 1 amide bonds. The van der Waals surface area contributed by atoms with Crippen LogP contribution in [0.15, 0.2) is 58.4 Å². The van der Waals surface area contributed by atoms with Gasteiger partial charge < -0.3 is 14.8 Å². The third-order valence-corrected chi connectivity index (χ3v) is 4.36. The van der Waals surface area contributed by atoms with E-state index < -0.39 is 0 Å². The van der Waals surface area contributed by atoms with Gasteiger partial charge in [0.15, 0.2) is 5.17 Å². The summed E-state index contributed by atoms with van der Waals surface area (Å²) >= 11 is 1.31. The van der Waals surface area contributed by atoms with E-state index in [0.29, 0.717) is 28.1 Å². The van der Waals surface area contributed by atoms with E-state index in [9.17, 15) is 4.79 Å². The number of para-hydroxylation sites is 2. The second kappa shape index (κ2) is 7.90. The smallest absolute Gasteiger partial charge is 0.264 e. The summed E-state index contributed by atoms with van der Waals surface area (Å²) in [5.74, 6) is 1.31. The minimum atomic E-state index is -0.159. The Hall–Kier alpha value is -2.73. The molecule has 0 unspecified atom stereocenters. The van der Waals surface area contributed by atoms with E-state index in [2.05, 4.69) is 10.3 Å². The second-order valence-electron chi connectivity index (χ2n) is 5.16. The minimum Gasteiger partial charge on any atom is -0.497 e. The zero-order chi connectivity index (χ0) is 17.6. The predicted molar refractivity (Wildman–Crippen MR) is 101 cm³/mol. The lowest BCUT2D eigenvalue weighted by Gasteiger charge is -2.06. The zero-order valence-electron chi connectivity index (χ0n) is 14.0. The van der Waals surface area contributed by atoms with Crippen LogP contribution in [0, 0.1) is 0 Å². The largest absolute Gasteiger partial charge is 0.497 e. The molecule has 0 bridgehead atoms. The molecular weight excluding hydrogens is 336 g/mol. The van der Waals surface area contributed by atoms with Crippen molar-refractivity contribution in [1.29, 1.82) is 0 Å². The van der Waals surface area contributed by atoms with Crippen LogP contribution in [0.2, 0.25) is 0 Å². The number of ether oxygens (including phenoxy) is 2. The van der Waals surface area contributed by atoms with Gasteiger partial charge in [0.1, 0.15) is 17.2 Å². The van der Waals surface area contributed by atoms with E-state index in [1.165, 1.54) is 11.8 Å². The molecule has 0 spiro atoms. The second-order valence-corrected chi connectivity index (χ2v) is 6.19.